The molecule has 0 saturated carbocycles. The second kappa shape index (κ2) is 6.32. The lowest BCUT2D eigenvalue weighted by atomic mass is 10.1. The molecule has 0 atom stereocenters. The maximum absolute atomic E-state index is 13.0. The van der Waals surface area contributed by atoms with Crippen molar-refractivity contribution in [2.45, 2.75) is 26.9 Å². The van der Waals surface area contributed by atoms with Gasteiger partial charge < -0.3 is 5.32 Å². The van der Waals surface area contributed by atoms with Gasteiger partial charge in [-0.15, -0.1) is 15.3 Å². The van der Waals surface area contributed by atoms with Crippen molar-refractivity contribution >= 4 is 17.2 Å². The molecule has 0 spiro atoms. The third kappa shape index (κ3) is 3.06. The van der Waals surface area contributed by atoms with Gasteiger partial charge in [0.1, 0.15) is 0 Å². The molecular formula is C18H16F3N7. The molecule has 4 rings (SSSR count). The summed E-state index contributed by atoms with van der Waals surface area (Å²) in [7, 11) is 0. The van der Waals surface area contributed by atoms with Gasteiger partial charge in [0, 0.05) is 0 Å². The number of nitrogens with zero attached hydrogens (tertiary/aromatic N) is 6. The number of nitrogens with one attached hydrogen (secondary N) is 1. The predicted octanol–water partition coefficient (Wildman–Crippen LogP) is 4.00. The van der Waals surface area contributed by atoms with Crippen molar-refractivity contribution in [1.29, 1.82) is 0 Å². The van der Waals surface area contributed by atoms with E-state index in [1.165, 1.54) is 6.07 Å². The van der Waals surface area contributed by atoms with Gasteiger partial charge in [0.25, 0.3) is 5.82 Å². The van der Waals surface area contributed by atoms with E-state index in [1.54, 1.807) is 16.9 Å². The summed E-state index contributed by atoms with van der Waals surface area (Å²) in [4.78, 5) is 0. The summed E-state index contributed by atoms with van der Waals surface area (Å²) in [6.07, 6.45) is -3.03. The number of halogens is 3. The Morgan fingerprint density at radius 3 is 2.54 bits per heavy atom. The van der Waals surface area contributed by atoms with Gasteiger partial charge in [0.15, 0.2) is 11.5 Å². The SMILES string of the molecule is Cc1ccc(C)c(-n2ncc(Nc3ccc4nnc(C(F)(F)F)n4n3)c2C)c1. The first-order valence-corrected chi connectivity index (χ1v) is 8.43. The Morgan fingerprint density at radius 1 is 1.00 bits per heavy atom. The van der Waals surface area contributed by atoms with Crippen LogP contribution in [-0.2, 0) is 6.18 Å². The Hall–Kier alpha value is -3.43. The molecule has 0 unspecified atom stereocenters. The van der Waals surface area contributed by atoms with E-state index in [-0.39, 0.29) is 11.5 Å². The van der Waals surface area contributed by atoms with Crippen LogP contribution in [0.15, 0.2) is 36.5 Å². The first-order chi connectivity index (χ1) is 13.2. The number of anilines is 2. The van der Waals surface area contributed by atoms with Crippen LogP contribution in [0, 0.1) is 20.8 Å². The van der Waals surface area contributed by atoms with Crippen LogP contribution < -0.4 is 5.32 Å². The Kier molecular flexibility index (Phi) is 4.06. The number of alkyl halides is 3. The standard InChI is InChI=1S/C18H16F3N7/c1-10-4-5-11(2)14(8-10)27-12(3)13(9-22-27)23-15-6-7-16-24-25-17(18(19,20)21)28(16)26-15/h4-9H,1-3H3,(H,23,26). The van der Waals surface area contributed by atoms with Crippen LogP contribution in [0.3, 0.4) is 0 Å². The number of rotatable bonds is 3. The Labute approximate surface area is 157 Å². The molecule has 0 fully saturated rings. The first kappa shape index (κ1) is 18.0. The second-order valence-corrected chi connectivity index (χ2v) is 6.48. The zero-order chi connectivity index (χ0) is 20.1. The van der Waals surface area contributed by atoms with E-state index < -0.39 is 12.0 Å². The number of aryl methyl sites for hydroxylation is 2. The van der Waals surface area contributed by atoms with Gasteiger partial charge in [-0.25, -0.2) is 4.68 Å². The van der Waals surface area contributed by atoms with E-state index in [9.17, 15) is 13.2 Å². The summed E-state index contributed by atoms with van der Waals surface area (Å²) < 4.78 is 41.6. The zero-order valence-electron chi connectivity index (χ0n) is 15.3. The van der Waals surface area contributed by atoms with Crippen molar-refractivity contribution in [3.63, 3.8) is 0 Å². The van der Waals surface area contributed by atoms with Crippen LogP contribution in [0.5, 0.6) is 0 Å². The molecule has 0 amide bonds. The number of fused-ring (bicyclic) bond motifs is 1. The molecule has 28 heavy (non-hydrogen) atoms. The molecular weight excluding hydrogens is 371 g/mol. The largest absolute Gasteiger partial charge is 0.453 e. The Balaban J connectivity index is 1.71. The van der Waals surface area contributed by atoms with Crippen LogP contribution in [0.2, 0.25) is 0 Å². The van der Waals surface area contributed by atoms with Crippen molar-refractivity contribution in [3.05, 3.63) is 59.2 Å². The van der Waals surface area contributed by atoms with Gasteiger partial charge in [-0.3, -0.25) is 0 Å². The maximum atomic E-state index is 13.0. The molecule has 7 nitrogen and oxygen atoms in total. The summed E-state index contributed by atoms with van der Waals surface area (Å²) >= 11 is 0. The van der Waals surface area contributed by atoms with Gasteiger partial charge >= 0.3 is 6.18 Å². The summed E-state index contributed by atoms with van der Waals surface area (Å²) in [6, 6.07) is 9.02. The summed E-state index contributed by atoms with van der Waals surface area (Å²) in [6.45, 7) is 5.86. The van der Waals surface area contributed by atoms with Crippen LogP contribution in [-0.4, -0.2) is 29.6 Å². The molecule has 3 heterocycles. The molecule has 0 aliphatic carbocycles. The van der Waals surface area contributed by atoms with Crippen molar-refractivity contribution in [2.75, 3.05) is 5.32 Å². The minimum atomic E-state index is -4.64. The molecule has 0 bridgehead atoms. The van der Waals surface area contributed by atoms with E-state index in [2.05, 4.69) is 25.7 Å². The number of hydrogen-bond donors (Lipinski definition) is 1. The van der Waals surface area contributed by atoms with Crippen LogP contribution >= 0.6 is 0 Å². The highest BCUT2D eigenvalue weighted by Gasteiger charge is 2.37. The lowest BCUT2D eigenvalue weighted by molar-refractivity contribution is -0.146. The molecule has 3 aromatic heterocycles. The summed E-state index contributed by atoms with van der Waals surface area (Å²) in [5.41, 5.74) is 4.55. The van der Waals surface area contributed by atoms with Gasteiger partial charge in [0.2, 0.25) is 0 Å². The lowest BCUT2D eigenvalue weighted by Crippen LogP contribution is -2.13. The van der Waals surface area contributed by atoms with E-state index in [1.807, 2.05) is 39.0 Å². The molecule has 0 aliphatic heterocycles. The van der Waals surface area contributed by atoms with Crippen molar-refractivity contribution in [2.24, 2.45) is 0 Å². The van der Waals surface area contributed by atoms with Crippen molar-refractivity contribution in [3.8, 4) is 5.69 Å². The van der Waals surface area contributed by atoms with Crippen molar-refractivity contribution < 1.29 is 13.2 Å². The van der Waals surface area contributed by atoms with E-state index >= 15 is 0 Å². The summed E-state index contributed by atoms with van der Waals surface area (Å²) in [5.74, 6) is -0.949. The highest BCUT2D eigenvalue weighted by atomic mass is 19.4. The van der Waals surface area contributed by atoms with Crippen LogP contribution in [0.1, 0.15) is 22.6 Å². The highest BCUT2D eigenvalue weighted by Crippen LogP contribution is 2.28. The van der Waals surface area contributed by atoms with Gasteiger partial charge in [-0.2, -0.15) is 22.8 Å². The van der Waals surface area contributed by atoms with E-state index in [0.717, 1.165) is 22.5 Å². The molecule has 4 aromatic rings. The molecule has 1 N–H and O–H groups in total. The van der Waals surface area contributed by atoms with E-state index in [4.69, 9.17) is 0 Å². The fraction of sp³-hybridized carbons (Fsp3) is 0.222. The topological polar surface area (TPSA) is 72.9 Å². The minimum Gasteiger partial charge on any atom is -0.336 e. The number of hydrogen-bond acceptors (Lipinski definition) is 5. The predicted molar refractivity (Wildman–Crippen MR) is 96.8 cm³/mol. The molecule has 0 saturated heterocycles. The minimum absolute atomic E-state index is 0.0145. The van der Waals surface area contributed by atoms with E-state index in [0.29, 0.717) is 10.2 Å². The average molecular weight is 387 g/mol. The quantitative estimate of drug-likeness (QED) is 0.575. The second-order valence-electron chi connectivity index (χ2n) is 6.48. The molecule has 10 heteroatoms. The smallest absolute Gasteiger partial charge is 0.336 e. The van der Waals surface area contributed by atoms with Gasteiger partial charge in [0.05, 0.1) is 23.3 Å². The fourth-order valence-corrected chi connectivity index (χ4v) is 2.89. The third-order valence-electron chi connectivity index (χ3n) is 4.38. The molecule has 144 valence electrons. The first-order valence-electron chi connectivity index (χ1n) is 8.43. The summed E-state index contributed by atoms with van der Waals surface area (Å²) in [5, 5.41) is 18.1. The van der Waals surface area contributed by atoms with Gasteiger partial charge in [-0.05, 0) is 50.1 Å². The van der Waals surface area contributed by atoms with Crippen LogP contribution in [0.4, 0.5) is 24.7 Å². The zero-order valence-corrected chi connectivity index (χ0v) is 15.3. The average Bonchev–Trinajstić information content (AvgIpc) is 3.21. The molecule has 0 aliphatic rings. The Morgan fingerprint density at radius 2 is 1.79 bits per heavy atom. The van der Waals surface area contributed by atoms with Crippen LogP contribution in [0.25, 0.3) is 11.3 Å². The molecule has 0 radical (unpaired) electrons. The Bertz CT molecular complexity index is 1170. The van der Waals surface area contributed by atoms with Gasteiger partial charge in [-0.1, -0.05) is 12.1 Å². The molecule has 1 aromatic carbocycles. The fourth-order valence-electron chi connectivity index (χ4n) is 2.89. The highest BCUT2D eigenvalue weighted by molar-refractivity contribution is 5.60. The number of aromatic nitrogens is 6. The lowest BCUT2D eigenvalue weighted by Gasteiger charge is -2.10. The normalized spacial score (nSPS) is 11.9. The maximum Gasteiger partial charge on any atom is 0.453 e. The van der Waals surface area contributed by atoms with Crippen molar-refractivity contribution in [1.82, 2.24) is 29.6 Å². The third-order valence-corrected chi connectivity index (χ3v) is 4.38. The monoisotopic (exact) mass is 387 g/mol. The number of benzene rings is 1.